The third kappa shape index (κ3) is 4.77. The van der Waals surface area contributed by atoms with Crippen LogP contribution in [0.5, 0.6) is 0 Å². The Balaban J connectivity index is 2.70. The minimum Gasteiger partial charge on any atom is -0.378 e. The van der Waals surface area contributed by atoms with Crippen LogP contribution in [0, 0.1) is 17.2 Å². The number of amides is 2. The van der Waals surface area contributed by atoms with Crippen LogP contribution in [-0.2, 0) is 9.59 Å². The lowest BCUT2D eigenvalue weighted by Gasteiger charge is -2.21. The van der Waals surface area contributed by atoms with Gasteiger partial charge in [0.2, 0.25) is 0 Å². The fourth-order valence-electron chi connectivity index (χ4n) is 1.90. The van der Waals surface area contributed by atoms with Gasteiger partial charge in [-0.05, 0) is 38.1 Å². The van der Waals surface area contributed by atoms with E-state index in [0.717, 1.165) is 5.69 Å². The minimum absolute atomic E-state index is 0.249. The SMILES string of the molecule is CCN(C[C@@H](C)C#N)C(=O)C(=O)Nc1ccc(N(C)C)cc1. The van der Waals surface area contributed by atoms with E-state index in [1.165, 1.54) is 4.90 Å². The molecule has 2 amide bonds. The maximum atomic E-state index is 12.1. The summed E-state index contributed by atoms with van der Waals surface area (Å²) in [6.07, 6.45) is 0. The van der Waals surface area contributed by atoms with E-state index in [2.05, 4.69) is 11.4 Å². The molecule has 0 aliphatic heterocycles. The number of hydrogen-bond acceptors (Lipinski definition) is 4. The van der Waals surface area contributed by atoms with Crippen LogP contribution in [0.3, 0.4) is 0 Å². The largest absolute Gasteiger partial charge is 0.378 e. The topological polar surface area (TPSA) is 76.4 Å². The van der Waals surface area contributed by atoms with Crippen LogP contribution in [0.2, 0.25) is 0 Å². The number of nitriles is 1. The number of nitrogens with zero attached hydrogens (tertiary/aromatic N) is 3. The summed E-state index contributed by atoms with van der Waals surface area (Å²) < 4.78 is 0. The molecular weight excluding hydrogens is 280 g/mol. The number of anilines is 2. The van der Waals surface area contributed by atoms with Crippen molar-refractivity contribution in [1.29, 1.82) is 5.26 Å². The van der Waals surface area contributed by atoms with Gasteiger partial charge in [0.1, 0.15) is 0 Å². The van der Waals surface area contributed by atoms with Gasteiger partial charge < -0.3 is 15.1 Å². The van der Waals surface area contributed by atoms with Crippen LogP contribution in [0.1, 0.15) is 13.8 Å². The molecule has 1 atom stereocenters. The van der Waals surface area contributed by atoms with Gasteiger partial charge in [0.05, 0.1) is 12.0 Å². The highest BCUT2D eigenvalue weighted by molar-refractivity contribution is 6.39. The van der Waals surface area contributed by atoms with E-state index in [1.807, 2.05) is 31.1 Å². The van der Waals surface area contributed by atoms with E-state index in [-0.39, 0.29) is 12.5 Å². The van der Waals surface area contributed by atoms with Crippen LogP contribution >= 0.6 is 0 Å². The molecular formula is C16H22N4O2. The normalized spacial score (nSPS) is 11.2. The lowest BCUT2D eigenvalue weighted by Crippen LogP contribution is -2.41. The molecule has 0 aliphatic rings. The fourth-order valence-corrected chi connectivity index (χ4v) is 1.90. The molecule has 118 valence electrons. The van der Waals surface area contributed by atoms with Gasteiger partial charge in [0.15, 0.2) is 0 Å². The van der Waals surface area contributed by atoms with Gasteiger partial charge in [-0.2, -0.15) is 5.26 Å². The Morgan fingerprint density at radius 2 is 1.86 bits per heavy atom. The second kappa shape index (κ2) is 8.03. The van der Waals surface area contributed by atoms with E-state index in [4.69, 9.17) is 5.26 Å². The van der Waals surface area contributed by atoms with Crippen molar-refractivity contribution >= 4 is 23.2 Å². The Labute approximate surface area is 131 Å². The van der Waals surface area contributed by atoms with Crippen molar-refractivity contribution in [2.24, 2.45) is 5.92 Å². The Bertz CT molecular complexity index is 561. The van der Waals surface area contributed by atoms with Gasteiger partial charge in [-0.15, -0.1) is 0 Å². The molecule has 0 heterocycles. The number of rotatable bonds is 5. The van der Waals surface area contributed by atoms with Crippen LogP contribution in [0.4, 0.5) is 11.4 Å². The summed E-state index contributed by atoms with van der Waals surface area (Å²) in [4.78, 5) is 27.4. The lowest BCUT2D eigenvalue weighted by molar-refractivity contribution is -0.143. The Kier molecular flexibility index (Phi) is 6.39. The van der Waals surface area contributed by atoms with Crippen LogP contribution in [0.15, 0.2) is 24.3 Å². The maximum absolute atomic E-state index is 12.1. The molecule has 6 heteroatoms. The summed E-state index contributed by atoms with van der Waals surface area (Å²) in [6.45, 7) is 4.13. The highest BCUT2D eigenvalue weighted by Crippen LogP contribution is 2.15. The molecule has 1 rings (SSSR count). The first kappa shape index (κ1) is 17.5. The predicted molar refractivity (Wildman–Crippen MR) is 86.4 cm³/mol. The molecule has 0 unspecified atom stereocenters. The molecule has 0 aliphatic carbocycles. The fraction of sp³-hybridized carbons (Fsp3) is 0.438. The average molecular weight is 302 g/mol. The lowest BCUT2D eigenvalue weighted by atomic mass is 10.2. The van der Waals surface area contributed by atoms with Crippen molar-refractivity contribution < 1.29 is 9.59 Å². The molecule has 0 aromatic heterocycles. The third-order valence-electron chi connectivity index (χ3n) is 3.22. The monoisotopic (exact) mass is 302 g/mol. The molecule has 6 nitrogen and oxygen atoms in total. The quantitative estimate of drug-likeness (QED) is 0.840. The van der Waals surface area contributed by atoms with Crippen LogP contribution in [-0.4, -0.2) is 43.9 Å². The summed E-state index contributed by atoms with van der Waals surface area (Å²) in [5.41, 5.74) is 1.57. The van der Waals surface area contributed by atoms with E-state index < -0.39 is 11.8 Å². The summed E-state index contributed by atoms with van der Waals surface area (Å²) >= 11 is 0. The molecule has 0 fully saturated rings. The Hall–Kier alpha value is -2.55. The number of likely N-dealkylation sites (N-methyl/N-ethyl adjacent to an activating group) is 1. The molecule has 1 aromatic carbocycles. The molecule has 22 heavy (non-hydrogen) atoms. The first-order valence-electron chi connectivity index (χ1n) is 7.16. The van der Waals surface area contributed by atoms with Crippen molar-refractivity contribution in [1.82, 2.24) is 4.90 Å². The Morgan fingerprint density at radius 1 is 1.27 bits per heavy atom. The second-order valence-corrected chi connectivity index (χ2v) is 5.27. The van der Waals surface area contributed by atoms with E-state index in [9.17, 15) is 9.59 Å². The molecule has 0 radical (unpaired) electrons. The Morgan fingerprint density at radius 3 is 2.32 bits per heavy atom. The van der Waals surface area contributed by atoms with E-state index >= 15 is 0 Å². The van der Waals surface area contributed by atoms with Crippen LogP contribution < -0.4 is 10.2 Å². The maximum Gasteiger partial charge on any atom is 0.313 e. The molecule has 0 saturated carbocycles. The highest BCUT2D eigenvalue weighted by Gasteiger charge is 2.22. The van der Waals surface area contributed by atoms with Crippen molar-refractivity contribution in [2.45, 2.75) is 13.8 Å². The third-order valence-corrected chi connectivity index (χ3v) is 3.22. The van der Waals surface area contributed by atoms with Crippen molar-refractivity contribution in [2.75, 3.05) is 37.4 Å². The smallest absolute Gasteiger partial charge is 0.313 e. The predicted octanol–water partition coefficient (Wildman–Crippen LogP) is 1.70. The van der Waals surface area contributed by atoms with Gasteiger partial charge in [-0.3, -0.25) is 9.59 Å². The number of carbonyl (C=O) groups excluding carboxylic acids is 2. The molecule has 1 aromatic rings. The molecule has 0 saturated heterocycles. The first-order chi connectivity index (χ1) is 10.4. The van der Waals surface area contributed by atoms with E-state index in [0.29, 0.717) is 12.2 Å². The molecule has 0 bridgehead atoms. The van der Waals surface area contributed by atoms with Gasteiger partial charge in [0, 0.05) is 38.6 Å². The summed E-state index contributed by atoms with van der Waals surface area (Å²) in [5, 5.41) is 11.4. The number of carbonyl (C=O) groups is 2. The van der Waals surface area contributed by atoms with Crippen LogP contribution in [0.25, 0.3) is 0 Å². The second-order valence-electron chi connectivity index (χ2n) is 5.27. The van der Waals surface area contributed by atoms with Gasteiger partial charge in [-0.25, -0.2) is 0 Å². The average Bonchev–Trinajstić information content (AvgIpc) is 2.52. The zero-order valence-corrected chi connectivity index (χ0v) is 13.5. The zero-order chi connectivity index (χ0) is 16.7. The van der Waals surface area contributed by atoms with E-state index in [1.54, 1.807) is 26.0 Å². The summed E-state index contributed by atoms with van der Waals surface area (Å²) in [6, 6.07) is 9.26. The van der Waals surface area contributed by atoms with Gasteiger partial charge in [0.25, 0.3) is 0 Å². The summed E-state index contributed by atoms with van der Waals surface area (Å²) in [7, 11) is 3.85. The number of nitrogens with one attached hydrogen (secondary N) is 1. The van der Waals surface area contributed by atoms with Gasteiger partial charge in [-0.1, -0.05) is 0 Å². The minimum atomic E-state index is -0.690. The van der Waals surface area contributed by atoms with Crippen molar-refractivity contribution in [3.63, 3.8) is 0 Å². The molecule has 1 N–H and O–H groups in total. The van der Waals surface area contributed by atoms with Gasteiger partial charge >= 0.3 is 11.8 Å². The first-order valence-corrected chi connectivity index (χ1v) is 7.16. The van der Waals surface area contributed by atoms with Crippen molar-refractivity contribution in [3.05, 3.63) is 24.3 Å². The standard InChI is InChI=1S/C16H22N4O2/c1-5-20(11-12(2)10-17)16(22)15(21)18-13-6-8-14(9-7-13)19(3)4/h6-9,12H,5,11H2,1-4H3,(H,18,21)/t12-/m0/s1. The zero-order valence-electron chi connectivity index (χ0n) is 13.5. The molecule has 0 spiro atoms. The number of benzene rings is 1. The number of hydrogen-bond donors (Lipinski definition) is 1. The summed E-state index contributed by atoms with van der Waals surface area (Å²) in [5.74, 6) is -1.62. The highest BCUT2D eigenvalue weighted by atomic mass is 16.2. The van der Waals surface area contributed by atoms with Crippen molar-refractivity contribution in [3.8, 4) is 6.07 Å².